The summed E-state index contributed by atoms with van der Waals surface area (Å²) in [5, 5.41) is 16.4. The van der Waals surface area contributed by atoms with Crippen molar-refractivity contribution in [2.75, 3.05) is 5.32 Å². The zero-order valence-corrected chi connectivity index (χ0v) is 13.8. The van der Waals surface area contributed by atoms with Crippen LogP contribution in [0, 0.1) is 10.1 Å². The molecule has 6 heteroatoms. The second kappa shape index (κ2) is 5.86. The molecule has 1 amide bonds. The molecule has 1 N–H and O–H groups in total. The van der Waals surface area contributed by atoms with Crippen LogP contribution in [0.5, 0.6) is 0 Å². The molecule has 3 aromatic rings. The van der Waals surface area contributed by atoms with Crippen LogP contribution in [0.3, 0.4) is 0 Å². The molecule has 0 bridgehead atoms. The lowest BCUT2D eigenvalue weighted by atomic mass is 10.0. The number of nitro benzene ring substituents is 1. The van der Waals surface area contributed by atoms with Gasteiger partial charge in [-0.05, 0) is 47.6 Å². The van der Waals surface area contributed by atoms with E-state index in [1.54, 1.807) is 0 Å². The van der Waals surface area contributed by atoms with Gasteiger partial charge in [0, 0.05) is 22.2 Å². The van der Waals surface area contributed by atoms with Gasteiger partial charge in [-0.3, -0.25) is 14.9 Å². The predicted molar refractivity (Wildman–Crippen MR) is 97.4 cm³/mol. The van der Waals surface area contributed by atoms with E-state index in [2.05, 4.69) is 11.4 Å². The van der Waals surface area contributed by atoms with Crippen LogP contribution in [0.1, 0.15) is 21.5 Å². The molecule has 1 aliphatic carbocycles. The highest BCUT2D eigenvalue weighted by molar-refractivity contribution is 6.31. The summed E-state index contributed by atoms with van der Waals surface area (Å²) in [5.74, 6) is -0.548. The third kappa shape index (κ3) is 2.62. The lowest BCUT2D eigenvalue weighted by Gasteiger charge is -2.11. The predicted octanol–water partition coefficient (Wildman–Crippen LogP) is 4.75. The van der Waals surface area contributed by atoms with Crippen LogP contribution < -0.4 is 5.32 Å². The summed E-state index contributed by atoms with van der Waals surface area (Å²) in [5.41, 5.74) is 2.84. The van der Waals surface area contributed by atoms with E-state index in [1.807, 2.05) is 24.3 Å². The number of benzene rings is 3. The number of hydrogen-bond acceptors (Lipinski definition) is 3. The Balaban J connectivity index is 1.77. The Labute approximate surface area is 148 Å². The Morgan fingerprint density at radius 1 is 1.08 bits per heavy atom. The minimum absolute atomic E-state index is 0.0549. The number of amides is 1. The number of rotatable bonds is 3. The number of carbonyl (C=O) groups is 1. The third-order valence-corrected chi connectivity index (χ3v) is 4.76. The first-order valence-corrected chi connectivity index (χ1v) is 8.21. The Morgan fingerprint density at radius 2 is 1.84 bits per heavy atom. The van der Waals surface area contributed by atoms with Gasteiger partial charge in [0.05, 0.1) is 4.92 Å². The summed E-state index contributed by atoms with van der Waals surface area (Å²) < 4.78 is 0. The molecule has 0 heterocycles. The number of nitrogens with zero attached hydrogens (tertiary/aromatic N) is 1. The van der Waals surface area contributed by atoms with Crippen LogP contribution in [0.15, 0.2) is 48.5 Å². The van der Waals surface area contributed by atoms with Crippen LogP contribution in [0.25, 0.3) is 10.8 Å². The van der Waals surface area contributed by atoms with Crippen LogP contribution in [-0.2, 0) is 12.8 Å². The maximum absolute atomic E-state index is 12.6. The summed E-state index contributed by atoms with van der Waals surface area (Å²) in [4.78, 5) is 23.2. The van der Waals surface area contributed by atoms with Gasteiger partial charge >= 0.3 is 0 Å². The van der Waals surface area contributed by atoms with Gasteiger partial charge in [-0.1, -0.05) is 35.9 Å². The average Bonchev–Trinajstić information content (AvgIpc) is 3.02. The monoisotopic (exact) mass is 352 g/mol. The Hall–Kier alpha value is -2.92. The molecule has 1 aliphatic rings. The number of halogens is 1. The molecule has 0 aliphatic heterocycles. The molecule has 124 valence electrons. The smallest absolute Gasteiger partial charge is 0.282 e. The van der Waals surface area contributed by atoms with Crippen LogP contribution >= 0.6 is 11.6 Å². The lowest BCUT2D eigenvalue weighted by Crippen LogP contribution is -2.14. The van der Waals surface area contributed by atoms with Crippen molar-refractivity contribution >= 4 is 39.7 Å². The number of nitro groups is 1. The number of nitrogens with one attached hydrogen (secondary N) is 1. The lowest BCUT2D eigenvalue weighted by molar-refractivity contribution is -0.385. The van der Waals surface area contributed by atoms with E-state index < -0.39 is 10.8 Å². The van der Waals surface area contributed by atoms with E-state index >= 15 is 0 Å². The molecule has 0 saturated carbocycles. The standard InChI is InChI=1S/C19H13ClN2O3/c20-13-7-9-17(22(24)25)15(10-13)19(23)21-16-8-6-12-5-4-11-2-1-3-14(16)18(11)12/h1-3,6-10H,4-5H2,(H,21,23). The molecule has 3 aromatic carbocycles. The number of hydrogen-bond donors (Lipinski definition) is 1. The normalized spacial score (nSPS) is 12.4. The molecule has 0 atom stereocenters. The molecule has 25 heavy (non-hydrogen) atoms. The molecular formula is C19H13ClN2O3. The first-order chi connectivity index (χ1) is 12.0. The highest BCUT2D eigenvalue weighted by atomic mass is 35.5. The van der Waals surface area contributed by atoms with Crippen molar-refractivity contribution in [1.29, 1.82) is 0 Å². The molecule has 0 aromatic heterocycles. The molecule has 0 radical (unpaired) electrons. The fraction of sp³-hybridized carbons (Fsp3) is 0.105. The summed E-state index contributed by atoms with van der Waals surface area (Å²) in [6.45, 7) is 0. The van der Waals surface area contributed by atoms with Crippen LogP contribution in [0.2, 0.25) is 5.02 Å². The molecule has 4 rings (SSSR count). The van der Waals surface area contributed by atoms with Gasteiger partial charge in [0.15, 0.2) is 0 Å². The molecule has 0 spiro atoms. The first kappa shape index (κ1) is 15.6. The molecule has 0 fully saturated rings. The van der Waals surface area contributed by atoms with E-state index in [1.165, 1.54) is 34.7 Å². The van der Waals surface area contributed by atoms with Gasteiger partial charge in [0.2, 0.25) is 0 Å². The zero-order valence-electron chi connectivity index (χ0n) is 13.1. The fourth-order valence-corrected chi connectivity index (χ4v) is 3.57. The van der Waals surface area contributed by atoms with E-state index in [9.17, 15) is 14.9 Å². The van der Waals surface area contributed by atoms with Gasteiger partial charge in [-0.25, -0.2) is 0 Å². The number of anilines is 1. The van der Waals surface area contributed by atoms with Gasteiger partial charge in [-0.2, -0.15) is 0 Å². The third-order valence-electron chi connectivity index (χ3n) is 4.53. The van der Waals surface area contributed by atoms with E-state index in [-0.39, 0.29) is 16.3 Å². The average molecular weight is 353 g/mol. The van der Waals surface area contributed by atoms with E-state index in [4.69, 9.17) is 11.6 Å². The van der Waals surface area contributed by atoms with Crippen LogP contribution in [0.4, 0.5) is 11.4 Å². The Bertz CT molecular complexity index is 1040. The second-order valence-electron chi connectivity index (χ2n) is 5.98. The quantitative estimate of drug-likeness (QED) is 0.546. The molecule has 0 saturated heterocycles. The topological polar surface area (TPSA) is 72.2 Å². The summed E-state index contributed by atoms with van der Waals surface area (Å²) in [6.07, 6.45) is 1.98. The SMILES string of the molecule is O=C(Nc1ccc2c3c(cccc13)CC2)c1cc(Cl)ccc1[N+](=O)[O-]. The highest BCUT2D eigenvalue weighted by Gasteiger charge is 2.22. The van der Waals surface area contributed by atoms with E-state index in [0.29, 0.717) is 5.69 Å². The number of carbonyl (C=O) groups excluding carboxylic acids is 1. The summed E-state index contributed by atoms with van der Waals surface area (Å²) in [6, 6.07) is 13.8. The largest absolute Gasteiger partial charge is 0.321 e. The number of aryl methyl sites for hydroxylation is 2. The Morgan fingerprint density at radius 3 is 2.60 bits per heavy atom. The minimum atomic E-state index is -0.585. The van der Waals surface area contributed by atoms with Gasteiger partial charge in [-0.15, -0.1) is 0 Å². The fourth-order valence-electron chi connectivity index (χ4n) is 3.39. The van der Waals surface area contributed by atoms with E-state index in [0.717, 1.165) is 18.2 Å². The summed E-state index contributed by atoms with van der Waals surface area (Å²) >= 11 is 5.91. The van der Waals surface area contributed by atoms with Gasteiger partial charge in [0.25, 0.3) is 11.6 Å². The molecule has 0 unspecified atom stereocenters. The first-order valence-electron chi connectivity index (χ1n) is 7.83. The minimum Gasteiger partial charge on any atom is -0.321 e. The van der Waals surface area contributed by atoms with Crippen molar-refractivity contribution in [3.8, 4) is 0 Å². The van der Waals surface area contributed by atoms with Crippen molar-refractivity contribution in [1.82, 2.24) is 0 Å². The Kier molecular flexibility index (Phi) is 3.66. The van der Waals surface area contributed by atoms with Gasteiger partial charge in [0.1, 0.15) is 5.56 Å². The highest BCUT2D eigenvalue weighted by Crippen LogP contribution is 2.35. The van der Waals surface area contributed by atoms with Crippen LogP contribution in [-0.4, -0.2) is 10.8 Å². The molecular weight excluding hydrogens is 340 g/mol. The zero-order chi connectivity index (χ0) is 17.6. The van der Waals surface area contributed by atoms with Gasteiger partial charge < -0.3 is 5.32 Å². The molecule has 5 nitrogen and oxygen atoms in total. The second-order valence-corrected chi connectivity index (χ2v) is 6.42. The summed E-state index contributed by atoms with van der Waals surface area (Å²) in [7, 11) is 0. The van der Waals surface area contributed by atoms with Crippen molar-refractivity contribution in [3.63, 3.8) is 0 Å². The van der Waals surface area contributed by atoms with Crippen molar-refractivity contribution < 1.29 is 9.72 Å². The van der Waals surface area contributed by atoms with Crippen molar-refractivity contribution in [2.24, 2.45) is 0 Å². The maximum atomic E-state index is 12.6. The maximum Gasteiger partial charge on any atom is 0.282 e. The van der Waals surface area contributed by atoms with Crippen molar-refractivity contribution in [3.05, 3.63) is 80.4 Å². The van der Waals surface area contributed by atoms with Crippen molar-refractivity contribution in [2.45, 2.75) is 12.8 Å².